The molecule has 0 aromatic heterocycles. The van der Waals surface area contributed by atoms with Crippen molar-refractivity contribution in [3.63, 3.8) is 0 Å². The van der Waals surface area contributed by atoms with Gasteiger partial charge in [0.25, 0.3) is 0 Å². The Bertz CT molecular complexity index is 740. The van der Waals surface area contributed by atoms with E-state index in [1.54, 1.807) is 0 Å². The molecule has 24 heavy (non-hydrogen) atoms. The molecular formula is C21H22ClNO. The van der Waals surface area contributed by atoms with Crippen molar-refractivity contribution in [1.29, 1.82) is 0 Å². The fraction of sp³-hybridized carbons (Fsp3) is 0.381. The summed E-state index contributed by atoms with van der Waals surface area (Å²) in [5, 5.41) is 0.751. The maximum atomic E-state index is 12.7. The molecular weight excluding hydrogens is 318 g/mol. The fourth-order valence-corrected chi connectivity index (χ4v) is 4.42. The first-order chi connectivity index (χ1) is 11.7. The molecule has 1 fully saturated rings. The zero-order valence-electron chi connectivity index (χ0n) is 13.7. The lowest BCUT2D eigenvalue weighted by molar-refractivity contribution is -0.125. The van der Waals surface area contributed by atoms with E-state index in [1.165, 1.54) is 11.1 Å². The van der Waals surface area contributed by atoms with E-state index in [-0.39, 0.29) is 12.0 Å². The third kappa shape index (κ3) is 2.84. The number of carbonyl (C=O) groups is 1. The molecule has 0 spiro atoms. The van der Waals surface area contributed by atoms with Crippen LogP contribution in [-0.2, 0) is 11.2 Å². The van der Waals surface area contributed by atoms with Gasteiger partial charge >= 0.3 is 0 Å². The number of anilines is 1. The molecule has 1 aliphatic heterocycles. The van der Waals surface area contributed by atoms with Gasteiger partial charge in [-0.3, -0.25) is 4.79 Å². The highest BCUT2D eigenvalue weighted by Crippen LogP contribution is 2.42. The highest BCUT2D eigenvalue weighted by molar-refractivity contribution is 6.30. The molecule has 0 amide bonds. The normalized spacial score (nSPS) is 23.9. The zero-order valence-corrected chi connectivity index (χ0v) is 14.5. The molecule has 2 aromatic rings. The second kappa shape index (κ2) is 6.60. The molecule has 1 aliphatic carbocycles. The van der Waals surface area contributed by atoms with Crippen molar-refractivity contribution in [2.45, 2.75) is 38.1 Å². The van der Waals surface area contributed by atoms with Crippen molar-refractivity contribution in [2.75, 3.05) is 11.4 Å². The molecule has 0 radical (unpaired) electrons. The van der Waals surface area contributed by atoms with Crippen LogP contribution in [0, 0.1) is 5.92 Å². The van der Waals surface area contributed by atoms with E-state index in [4.69, 9.17) is 11.6 Å². The Morgan fingerprint density at radius 1 is 0.958 bits per heavy atom. The van der Waals surface area contributed by atoms with Gasteiger partial charge in [0.2, 0.25) is 0 Å². The molecule has 2 nitrogen and oxygen atoms in total. The molecule has 0 saturated heterocycles. The molecule has 2 atom stereocenters. The number of hydrogen-bond acceptors (Lipinski definition) is 2. The summed E-state index contributed by atoms with van der Waals surface area (Å²) in [6.07, 6.45) is 4.96. The first-order valence-corrected chi connectivity index (χ1v) is 9.24. The van der Waals surface area contributed by atoms with Gasteiger partial charge in [0.05, 0.1) is 6.04 Å². The Kier molecular flexibility index (Phi) is 4.32. The van der Waals surface area contributed by atoms with Crippen LogP contribution in [0.15, 0.2) is 48.5 Å². The number of fused-ring (bicyclic) bond motifs is 1. The zero-order chi connectivity index (χ0) is 16.5. The maximum absolute atomic E-state index is 12.7. The summed E-state index contributed by atoms with van der Waals surface area (Å²) >= 11 is 6.07. The van der Waals surface area contributed by atoms with E-state index < -0.39 is 0 Å². The van der Waals surface area contributed by atoms with Gasteiger partial charge in [-0.25, -0.2) is 0 Å². The number of ketones is 1. The predicted molar refractivity (Wildman–Crippen MR) is 98.7 cm³/mol. The quantitative estimate of drug-likeness (QED) is 0.749. The average molecular weight is 340 g/mol. The highest BCUT2D eigenvalue weighted by Gasteiger charge is 2.38. The largest absolute Gasteiger partial charge is 0.363 e. The molecule has 124 valence electrons. The van der Waals surface area contributed by atoms with Crippen LogP contribution in [0.3, 0.4) is 0 Å². The fourth-order valence-electron chi connectivity index (χ4n) is 4.30. The van der Waals surface area contributed by atoms with Gasteiger partial charge < -0.3 is 4.90 Å². The van der Waals surface area contributed by atoms with Gasteiger partial charge in [0.15, 0.2) is 0 Å². The van der Waals surface area contributed by atoms with Crippen molar-refractivity contribution < 1.29 is 4.79 Å². The second-order valence-corrected chi connectivity index (χ2v) is 7.32. The van der Waals surface area contributed by atoms with Crippen molar-refractivity contribution in [2.24, 2.45) is 5.92 Å². The van der Waals surface area contributed by atoms with E-state index in [2.05, 4.69) is 41.3 Å². The molecule has 2 aliphatic rings. The van der Waals surface area contributed by atoms with Crippen LogP contribution >= 0.6 is 11.6 Å². The van der Waals surface area contributed by atoms with Gasteiger partial charge in [-0.1, -0.05) is 42.3 Å². The Morgan fingerprint density at radius 3 is 2.54 bits per heavy atom. The summed E-state index contributed by atoms with van der Waals surface area (Å²) in [7, 11) is 0. The summed E-state index contributed by atoms with van der Waals surface area (Å²) < 4.78 is 0. The molecule has 0 bridgehead atoms. The summed E-state index contributed by atoms with van der Waals surface area (Å²) in [5.41, 5.74) is 3.89. The first-order valence-electron chi connectivity index (χ1n) is 8.87. The van der Waals surface area contributed by atoms with Gasteiger partial charge in [-0.2, -0.15) is 0 Å². The minimum Gasteiger partial charge on any atom is -0.363 e. The number of halogens is 1. The number of rotatable bonds is 2. The number of carbonyl (C=O) groups excluding carboxylic acids is 1. The van der Waals surface area contributed by atoms with E-state index in [0.29, 0.717) is 5.78 Å². The van der Waals surface area contributed by atoms with E-state index in [9.17, 15) is 4.79 Å². The molecule has 4 rings (SSSR count). The average Bonchev–Trinajstić information content (AvgIpc) is 2.62. The summed E-state index contributed by atoms with van der Waals surface area (Å²) in [5.74, 6) is 0.540. The standard InChI is InChI=1S/C21H22ClNO/c22-16-9-11-17(12-10-16)23-14-13-15-5-1-2-6-18(15)21(23)19-7-3-4-8-20(19)24/h1-2,5-6,9-12,19,21H,3-4,7-8,13-14H2/t19-,21-/m1/s1. The maximum Gasteiger partial charge on any atom is 0.138 e. The molecule has 0 unspecified atom stereocenters. The SMILES string of the molecule is O=C1CCCC[C@H]1[C@H]1c2ccccc2CCN1c1ccc(Cl)cc1. The Hall–Kier alpha value is -1.80. The Balaban J connectivity index is 1.77. The van der Waals surface area contributed by atoms with Crippen LogP contribution in [0.25, 0.3) is 0 Å². The van der Waals surface area contributed by atoms with Crippen LogP contribution in [0.1, 0.15) is 42.9 Å². The van der Waals surface area contributed by atoms with Gasteiger partial charge in [-0.15, -0.1) is 0 Å². The first kappa shape index (κ1) is 15.7. The number of benzene rings is 2. The third-order valence-corrected chi connectivity index (χ3v) is 5.72. The Labute approximate surface area is 148 Å². The topological polar surface area (TPSA) is 20.3 Å². The van der Waals surface area contributed by atoms with Crippen molar-refractivity contribution in [3.8, 4) is 0 Å². The molecule has 1 saturated carbocycles. The summed E-state index contributed by atoms with van der Waals surface area (Å²) in [6.45, 7) is 0.951. The monoisotopic (exact) mass is 339 g/mol. The van der Waals surface area contributed by atoms with Crippen molar-refractivity contribution in [1.82, 2.24) is 0 Å². The van der Waals surface area contributed by atoms with Gasteiger partial charge in [0, 0.05) is 29.6 Å². The lowest BCUT2D eigenvalue weighted by Gasteiger charge is -2.43. The highest BCUT2D eigenvalue weighted by atomic mass is 35.5. The molecule has 1 heterocycles. The van der Waals surface area contributed by atoms with Crippen LogP contribution in [0.2, 0.25) is 5.02 Å². The van der Waals surface area contributed by atoms with Crippen molar-refractivity contribution >= 4 is 23.1 Å². The lowest BCUT2D eigenvalue weighted by atomic mass is 9.76. The predicted octanol–water partition coefficient (Wildman–Crippen LogP) is 5.20. The number of hydrogen-bond donors (Lipinski definition) is 0. The van der Waals surface area contributed by atoms with Crippen LogP contribution in [0.5, 0.6) is 0 Å². The van der Waals surface area contributed by atoms with E-state index >= 15 is 0 Å². The molecule has 0 N–H and O–H groups in total. The van der Waals surface area contributed by atoms with Crippen LogP contribution in [0.4, 0.5) is 5.69 Å². The van der Waals surface area contributed by atoms with Crippen LogP contribution < -0.4 is 4.90 Å². The summed E-state index contributed by atoms with van der Waals surface area (Å²) in [4.78, 5) is 15.1. The minimum absolute atomic E-state index is 0.107. The second-order valence-electron chi connectivity index (χ2n) is 6.88. The number of Topliss-reactive ketones (excluding diaryl/α,β-unsaturated/α-hetero) is 1. The van der Waals surface area contributed by atoms with Gasteiger partial charge in [0.1, 0.15) is 5.78 Å². The Morgan fingerprint density at radius 2 is 1.75 bits per heavy atom. The minimum atomic E-state index is 0.107. The third-order valence-electron chi connectivity index (χ3n) is 5.47. The smallest absolute Gasteiger partial charge is 0.138 e. The van der Waals surface area contributed by atoms with Crippen LogP contribution in [-0.4, -0.2) is 12.3 Å². The van der Waals surface area contributed by atoms with Gasteiger partial charge in [-0.05, 0) is 54.7 Å². The van der Waals surface area contributed by atoms with E-state index in [1.807, 2.05) is 12.1 Å². The van der Waals surface area contributed by atoms with Crippen molar-refractivity contribution in [3.05, 3.63) is 64.7 Å². The number of nitrogens with zero attached hydrogens (tertiary/aromatic N) is 1. The summed E-state index contributed by atoms with van der Waals surface area (Å²) in [6, 6.07) is 16.8. The molecule has 3 heteroatoms. The lowest BCUT2D eigenvalue weighted by Crippen LogP contribution is -2.42. The van der Waals surface area contributed by atoms with E-state index in [0.717, 1.165) is 49.4 Å². The molecule has 2 aromatic carbocycles.